The van der Waals surface area contributed by atoms with Crippen LogP contribution in [0, 0.1) is 0 Å². The van der Waals surface area contributed by atoms with Gasteiger partial charge in [-0.15, -0.1) is 21.5 Å². The third kappa shape index (κ3) is 3.39. The Kier molecular flexibility index (Phi) is 4.66. The predicted molar refractivity (Wildman–Crippen MR) is 87.9 cm³/mol. The van der Waals surface area contributed by atoms with Crippen LogP contribution in [0.15, 0.2) is 40.1 Å². The van der Waals surface area contributed by atoms with E-state index < -0.39 is 12.1 Å². The maximum absolute atomic E-state index is 12.2. The van der Waals surface area contributed by atoms with Gasteiger partial charge in [0.25, 0.3) is 11.8 Å². The zero-order valence-electron chi connectivity index (χ0n) is 11.8. The SMILES string of the molecule is C[C@@H](OC(=O)c1cccc(Cl)c1Cl)c1nnc(-c2cccs2)o1. The highest BCUT2D eigenvalue weighted by molar-refractivity contribution is 7.13. The Morgan fingerprint density at radius 2 is 2.09 bits per heavy atom. The summed E-state index contributed by atoms with van der Waals surface area (Å²) in [5.41, 5.74) is 0.184. The monoisotopic (exact) mass is 368 g/mol. The van der Waals surface area contributed by atoms with E-state index in [1.807, 2.05) is 17.5 Å². The lowest BCUT2D eigenvalue weighted by atomic mass is 10.2. The highest BCUT2D eigenvalue weighted by atomic mass is 35.5. The lowest BCUT2D eigenvalue weighted by Gasteiger charge is -2.10. The first-order valence-electron chi connectivity index (χ1n) is 6.58. The molecule has 0 radical (unpaired) electrons. The number of hydrogen-bond acceptors (Lipinski definition) is 6. The summed E-state index contributed by atoms with van der Waals surface area (Å²) in [6, 6.07) is 8.50. The maximum Gasteiger partial charge on any atom is 0.340 e. The largest absolute Gasteiger partial charge is 0.449 e. The van der Waals surface area contributed by atoms with Crippen LogP contribution in [0.4, 0.5) is 0 Å². The highest BCUT2D eigenvalue weighted by Crippen LogP contribution is 2.29. The predicted octanol–water partition coefficient (Wildman–Crippen LogP) is 5.02. The summed E-state index contributed by atoms with van der Waals surface area (Å²) in [5, 5.41) is 10.2. The number of carbonyl (C=O) groups excluding carboxylic acids is 1. The Balaban J connectivity index is 1.75. The van der Waals surface area contributed by atoms with Crippen molar-refractivity contribution in [3.8, 4) is 10.8 Å². The fourth-order valence-corrected chi connectivity index (χ4v) is 2.86. The van der Waals surface area contributed by atoms with Gasteiger partial charge in [-0.05, 0) is 30.5 Å². The van der Waals surface area contributed by atoms with E-state index in [1.54, 1.807) is 19.1 Å². The molecule has 3 rings (SSSR count). The number of benzene rings is 1. The maximum atomic E-state index is 12.2. The van der Waals surface area contributed by atoms with Crippen molar-refractivity contribution in [1.29, 1.82) is 0 Å². The van der Waals surface area contributed by atoms with Crippen LogP contribution in [0.25, 0.3) is 10.8 Å². The molecule has 0 saturated heterocycles. The zero-order chi connectivity index (χ0) is 16.4. The van der Waals surface area contributed by atoms with E-state index in [1.165, 1.54) is 17.4 Å². The minimum absolute atomic E-state index is 0.149. The van der Waals surface area contributed by atoms with Crippen LogP contribution in [-0.2, 0) is 4.74 Å². The van der Waals surface area contributed by atoms with Gasteiger partial charge in [0, 0.05) is 0 Å². The van der Waals surface area contributed by atoms with Crippen molar-refractivity contribution < 1.29 is 13.9 Å². The number of halogens is 2. The molecule has 0 saturated carbocycles. The van der Waals surface area contributed by atoms with E-state index in [0.29, 0.717) is 5.89 Å². The first-order chi connectivity index (χ1) is 11.1. The second-order valence-corrected chi connectivity index (χ2v) is 6.30. The van der Waals surface area contributed by atoms with E-state index in [0.717, 1.165) is 4.88 Å². The molecular formula is C15H10Cl2N2O3S. The van der Waals surface area contributed by atoms with Crippen LogP contribution in [0.1, 0.15) is 29.3 Å². The standard InChI is InChI=1S/C15H10Cl2N2O3S/c1-8(13-18-19-14(22-13)11-6-3-7-23-11)21-15(20)9-4-2-5-10(16)12(9)17/h2-8H,1H3/t8-/m1/s1. The highest BCUT2D eigenvalue weighted by Gasteiger charge is 2.22. The Morgan fingerprint density at radius 3 is 2.83 bits per heavy atom. The lowest BCUT2D eigenvalue weighted by molar-refractivity contribution is 0.0280. The minimum Gasteiger partial charge on any atom is -0.449 e. The summed E-state index contributed by atoms with van der Waals surface area (Å²) in [6.07, 6.45) is -0.709. The summed E-state index contributed by atoms with van der Waals surface area (Å²) >= 11 is 13.4. The third-order valence-corrected chi connectivity index (χ3v) is 4.65. The van der Waals surface area contributed by atoms with Gasteiger partial charge in [0.15, 0.2) is 6.10 Å². The van der Waals surface area contributed by atoms with Crippen LogP contribution in [0.2, 0.25) is 10.0 Å². The van der Waals surface area contributed by atoms with Crippen molar-refractivity contribution in [2.75, 3.05) is 0 Å². The number of hydrogen-bond donors (Lipinski definition) is 0. The smallest absolute Gasteiger partial charge is 0.340 e. The fourth-order valence-electron chi connectivity index (χ4n) is 1.83. The van der Waals surface area contributed by atoms with Gasteiger partial charge in [-0.1, -0.05) is 35.3 Å². The topological polar surface area (TPSA) is 65.2 Å². The molecule has 1 atom stereocenters. The van der Waals surface area contributed by atoms with E-state index in [4.69, 9.17) is 32.4 Å². The molecule has 0 aliphatic carbocycles. The number of thiophene rings is 1. The summed E-state index contributed by atoms with van der Waals surface area (Å²) in [5.74, 6) is -0.0144. The van der Waals surface area contributed by atoms with Crippen LogP contribution in [-0.4, -0.2) is 16.2 Å². The van der Waals surface area contributed by atoms with E-state index in [9.17, 15) is 4.79 Å². The van der Waals surface area contributed by atoms with Crippen LogP contribution in [0.3, 0.4) is 0 Å². The quantitative estimate of drug-likeness (QED) is 0.604. The molecule has 2 heterocycles. The van der Waals surface area contributed by atoms with E-state index >= 15 is 0 Å². The van der Waals surface area contributed by atoms with Crippen molar-refractivity contribution in [1.82, 2.24) is 10.2 Å². The first kappa shape index (κ1) is 16.0. The Labute approximate surface area is 145 Å². The number of nitrogens with zero attached hydrogens (tertiary/aromatic N) is 2. The molecule has 0 aliphatic rings. The van der Waals surface area contributed by atoms with Crippen LogP contribution >= 0.6 is 34.5 Å². The minimum atomic E-state index is -0.709. The normalized spacial score (nSPS) is 12.1. The summed E-state index contributed by atoms with van der Waals surface area (Å²) in [4.78, 5) is 13.0. The molecular weight excluding hydrogens is 359 g/mol. The Morgan fingerprint density at radius 1 is 1.26 bits per heavy atom. The molecule has 8 heteroatoms. The van der Waals surface area contributed by atoms with Crippen molar-refractivity contribution in [3.05, 3.63) is 57.2 Å². The van der Waals surface area contributed by atoms with Gasteiger partial charge >= 0.3 is 5.97 Å². The molecule has 0 spiro atoms. The van der Waals surface area contributed by atoms with Gasteiger partial charge in [-0.2, -0.15) is 0 Å². The molecule has 0 bridgehead atoms. The number of rotatable bonds is 4. The fraction of sp³-hybridized carbons (Fsp3) is 0.133. The van der Waals surface area contributed by atoms with Crippen LogP contribution in [0.5, 0.6) is 0 Å². The number of carbonyl (C=O) groups is 1. The molecule has 23 heavy (non-hydrogen) atoms. The first-order valence-corrected chi connectivity index (χ1v) is 8.22. The summed E-state index contributed by atoms with van der Waals surface area (Å²) in [6.45, 7) is 1.64. The van der Waals surface area contributed by atoms with Crippen molar-refractivity contribution in [2.45, 2.75) is 13.0 Å². The van der Waals surface area contributed by atoms with Gasteiger partial charge in [-0.3, -0.25) is 0 Å². The zero-order valence-corrected chi connectivity index (χ0v) is 14.2. The van der Waals surface area contributed by atoms with Gasteiger partial charge in [0.1, 0.15) is 0 Å². The van der Waals surface area contributed by atoms with Crippen molar-refractivity contribution in [2.24, 2.45) is 0 Å². The number of esters is 1. The van der Waals surface area contributed by atoms with E-state index in [2.05, 4.69) is 10.2 Å². The molecule has 0 unspecified atom stereocenters. The molecule has 0 amide bonds. The van der Waals surface area contributed by atoms with Crippen molar-refractivity contribution in [3.63, 3.8) is 0 Å². The van der Waals surface area contributed by atoms with Gasteiger partial charge < -0.3 is 9.15 Å². The van der Waals surface area contributed by atoms with Gasteiger partial charge in [0.2, 0.25) is 0 Å². The number of ether oxygens (including phenoxy) is 1. The van der Waals surface area contributed by atoms with Crippen molar-refractivity contribution >= 4 is 40.5 Å². The molecule has 118 valence electrons. The molecule has 5 nitrogen and oxygen atoms in total. The summed E-state index contributed by atoms with van der Waals surface area (Å²) in [7, 11) is 0. The molecule has 1 aromatic carbocycles. The second-order valence-electron chi connectivity index (χ2n) is 4.57. The molecule has 0 aliphatic heterocycles. The molecule has 0 fully saturated rings. The average molecular weight is 369 g/mol. The van der Waals surface area contributed by atoms with Crippen LogP contribution < -0.4 is 0 Å². The molecule has 3 aromatic rings. The summed E-state index contributed by atoms with van der Waals surface area (Å²) < 4.78 is 10.8. The number of aromatic nitrogens is 2. The average Bonchev–Trinajstić information content (AvgIpc) is 3.20. The van der Waals surface area contributed by atoms with E-state index in [-0.39, 0.29) is 21.5 Å². The van der Waals surface area contributed by atoms with Gasteiger partial charge in [-0.25, -0.2) is 4.79 Å². The lowest BCUT2D eigenvalue weighted by Crippen LogP contribution is -2.10. The third-order valence-electron chi connectivity index (χ3n) is 2.98. The molecule has 0 N–H and O–H groups in total. The van der Waals surface area contributed by atoms with Gasteiger partial charge in [0.05, 0.1) is 20.5 Å². The molecule has 2 aromatic heterocycles. The Hall–Kier alpha value is -1.89. The Bertz CT molecular complexity index is 833. The second kappa shape index (κ2) is 6.70.